The van der Waals surface area contributed by atoms with Gasteiger partial charge in [0.05, 0.1) is 5.56 Å². The van der Waals surface area contributed by atoms with E-state index in [1.54, 1.807) is 6.92 Å². The van der Waals surface area contributed by atoms with E-state index in [-0.39, 0.29) is 10.0 Å². The fourth-order valence-corrected chi connectivity index (χ4v) is 2.29. The first kappa shape index (κ1) is 15.7. The number of ketones is 1. The summed E-state index contributed by atoms with van der Waals surface area (Å²) in [5, 5.41) is 0. The number of hydrogen-bond donors (Lipinski definition) is 0. The molecule has 0 unspecified atom stereocenters. The SMILES string of the molecule is Cc1ccc(F)cc1C(=O)c1ccc(Br)cc1C(F)(F)F. The summed E-state index contributed by atoms with van der Waals surface area (Å²) in [4.78, 5) is 12.3. The molecule has 0 aliphatic carbocycles. The summed E-state index contributed by atoms with van der Waals surface area (Å²) in [5.74, 6) is -1.53. The molecule has 0 spiro atoms. The average Bonchev–Trinajstić information content (AvgIpc) is 2.40. The summed E-state index contributed by atoms with van der Waals surface area (Å²) in [5.41, 5.74) is -1.22. The second-order valence-corrected chi connectivity index (χ2v) is 5.39. The number of aryl methyl sites for hydroxylation is 1. The van der Waals surface area contributed by atoms with Gasteiger partial charge in [-0.3, -0.25) is 4.79 Å². The van der Waals surface area contributed by atoms with Crippen LogP contribution in [0, 0.1) is 12.7 Å². The number of rotatable bonds is 2. The van der Waals surface area contributed by atoms with Gasteiger partial charge in [0.25, 0.3) is 0 Å². The summed E-state index contributed by atoms with van der Waals surface area (Å²) in [7, 11) is 0. The Morgan fingerprint density at radius 3 is 2.33 bits per heavy atom. The first-order chi connectivity index (χ1) is 9.70. The van der Waals surface area contributed by atoms with Gasteiger partial charge in [-0.2, -0.15) is 13.2 Å². The fourth-order valence-electron chi connectivity index (χ4n) is 1.93. The second kappa shape index (κ2) is 5.60. The smallest absolute Gasteiger partial charge is 0.289 e. The highest BCUT2D eigenvalue weighted by molar-refractivity contribution is 9.10. The highest BCUT2D eigenvalue weighted by Gasteiger charge is 2.35. The maximum absolute atomic E-state index is 13.2. The van der Waals surface area contributed by atoms with Crippen LogP contribution in [0.4, 0.5) is 17.6 Å². The highest BCUT2D eigenvalue weighted by Crippen LogP contribution is 2.35. The number of hydrogen-bond acceptors (Lipinski definition) is 1. The van der Waals surface area contributed by atoms with Crippen molar-refractivity contribution in [1.82, 2.24) is 0 Å². The molecule has 0 saturated carbocycles. The maximum atomic E-state index is 13.2. The van der Waals surface area contributed by atoms with Crippen LogP contribution in [0.15, 0.2) is 40.9 Å². The Bertz CT molecular complexity index is 707. The van der Waals surface area contributed by atoms with E-state index in [0.29, 0.717) is 5.56 Å². The first-order valence-electron chi connectivity index (χ1n) is 5.88. The summed E-state index contributed by atoms with van der Waals surface area (Å²) in [6, 6.07) is 6.71. The van der Waals surface area contributed by atoms with E-state index in [0.717, 1.165) is 24.3 Å². The number of carbonyl (C=O) groups is 1. The van der Waals surface area contributed by atoms with Gasteiger partial charge in [-0.05, 0) is 42.8 Å². The average molecular weight is 361 g/mol. The lowest BCUT2D eigenvalue weighted by Crippen LogP contribution is -2.14. The van der Waals surface area contributed by atoms with Crippen molar-refractivity contribution >= 4 is 21.7 Å². The van der Waals surface area contributed by atoms with Crippen LogP contribution in [0.2, 0.25) is 0 Å². The summed E-state index contributed by atoms with van der Waals surface area (Å²) in [6.07, 6.45) is -4.67. The Labute approximate surface area is 126 Å². The molecule has 2 aromatic rings. The van der Waals surface area contributed by atoms with Gasteiger partial charge in [0.2, 0.25) is 0 Å². The van der Waals surface area contributed by atoms with Crippen molar-refractivity contribution in [3.8, 4) is 0 Å². The van der Waals surface area contributed by atoms with E-state index >= 15 is 0 Å². The molecule has 0 N–H and O–H groups in total. The van der Waals surface area contributed by atoms with Crippen molar-refractivity contribution in [2.75, 3.05) is 0 Å². The Kier molecular flexibility index (Phi) is 4.18. The molecule has 0 aliphatic rings. The van der Waals surface area contributed by atoms with Crippen molar-refractivity contribution in [2.24, 2.45) is 0 Å². The fraction of sp³-hybridized carbons (Fsp3) is 0.133. The number of halogens is 5. The minimum absolute atomic E-state index is 0.0807. The van der Waals surface area contributed by atoms with E-state index in [1.807, 2.05) is 0 Å². The molecule has 0 saturated heterocycles. The Hall–Kier alpha value is -1.69. The van der Waals surface area contributed by atoms with Crippen LogP contribution in [0.25, 0.3) is 0 Å². The lowest BCUT2D eigenvalue weighted by Gasteiger charge is -2.13. The molecular weight excluding hydrogens is 352 g/mol. The Morgan fingerprint density at radius 2 is 1.71 bits per heavy atom. The van der Waals surface area contributed by atoms with E-state index in [4.69, 9.17) is 0 Å². The largest absolute Gasteiger partial charge is 0.417 e. The molecule has 2 aromatic carbocycles. The third-order valence-electron chi connectivity index (χ3n) is 2.98. The van der Waals surface area contributed by atoms with Crippen molar-refractivity contribution in [2.45, 2.75) is 13.1 Å². The van der Waals surface area contributed by atoms with E-state index in [9.17, 15) is 22.4 Å². The van der Waals surface area contributed by atoms with Crippen LogP contribution in [0.1, 0.15) is 27.0 Å². The summed E-state index contributed by atoms with van der Waals surface area (Å²) in [6.45, 7) is 1.54. The predicted octanol–water partition coefficient (Wildman–Crippen LogP) is 5.15. The van der Waals surface area contributed by atoms with E-state index in [1.165, 1.54) is 12.1 Å². The van der Waals surface area contributed by atoms with Crippen LogP contribution in [-0.4, -0.2) is 5.78 Å². The Morgan fingerprint density at radius 1 is 1.05 bits per heavy atom. The summed E-state index contributed by atoms with van der Waals surface area (Å²) < 4.78 is 52.6. The summed E-state index contributed by atoms with van der Waals surface area (Å²) >= 11 is 2.95. The van der Waals surface area contributed by atoms with Crippen molar-refractivity contribution < 1.29 is 22.4 Å². The number of benzene rings is 2. The van der Waals surface area contributed by atoms with Gasteiger partial charge >= 0.3 is 6.18 Å². The molecule has 110 valence electrons. The molecule has 0 fully saturated rings. The molecule has 0 atom stereocenters. The molecular formula is C15H9BrF4O. The first-order valence-corrected chi connectivity index (χ1v) is 6.67. The van der Waals surface area contributed by atoms with Gasteiger partial charge in [-0.1, -0.05) is 22.0 Å². The van der Waals surface area contributed by atoms with Crippen molar-refractivity contribution in [1.29, 1.82) is 0 Å². The van der Waals surface area contributed by atoms with Gasteiger partial charge in [0.1, 0.15) is 5.82 Å². The highest BCUT2D eigenvalue weighted by atomic mass is 79.9. The minimum atomic E-state index is -4.67. The molecule has 0 heterocycles. The third-order valence-corrected chi connectivity index (χ3v) is 3.47. The molecule has 6 heteroatoms. The third kappa shape index (κ3) is 3.32. The topological polar surface area (TPSA) is 17.1 Å². The van der Waals surface area contributed by atoms with Crippen LogP contribution < -0.4 is 0 Å². The van der Waals surface area contributed by atoms with Gasteiger partial charge in [0.15, 0.2) is 5.78 Å². The van der Waals surface area contributed by atoms with Crippen LogP contribution in [0.3, 0.4) is 0 Å². The van der Waals surface area contributed by atoms with Crippen LogP contribution in [-0.2, 0) is 6.18 Å². The van der Waals surface area contributed by atoms with Crippen molar-refractivity contribution in [3.63, 3.8) is 0 Å². The second-order valence-electron chi connectivity index (χ2n) is 4.48. The quantitative estimate of drug-likeness (QED) is 0.534. The molecule has 0 aliphatic heterocycles. The van der Waals surface area contributed by atoms with Crippen molar-refractivity contribution in [3.05, 3.63) is 68.9 Å². The lowest BCUT2D eigenvalue weighted by molar-refractivity contribution is -0.137. The van der Waals surface area contributed by atoms with E-state index < -0.39 is 28.9 Å². The molecule has 0 bridgehead atoms. The Balaban J connectivity index is 2.61. The molecule has 0 aromatic heterocycles. The zero-order valence-electron chi connectivity index (χ0n) is 10.8. The van der Waals surface area contributed by atoms with Gasteiger partial charge in [0, 0.05) is 15.6 Å². The molecule has 0 amide bonds. The number of carbonyl (C=O) groups excluding carboxylic acids is 1. The standard InChI is InChI=1S/C15H9BrF4O/c1-8-2-4-10(17)7-12(8)14(21)11-5-3-9(16)6-13(11)15(18,19)20/h2-7H,1H3. The van der Waals surface area contributed by atoms with E-state index in [2.05, 4.69) is 15.9 Å². The zero-order valence-corrected chi connectivity index (χ0v) is 12.3. The monoisotopic (exact) mass is 360 g/mol. The predicted molar refractivity (Wildman–Crippen MR) is 73.7 cm³/mol. The molecule has 2 rings (SSSR count). The number of alkyl halides is 3. The maximum Gasteiger partial charge on any atom is 0.417 e. The van der Waals surface area contributed by atoms with Gasteiger partial charge < -0.3 is 0 Å². The molecule has 0 radical (unpaired) electrons. The molecule has 21 heavy (non-hydrogen) atoms. The zero-order chi connectivity index (χ0) is 15.8. The molecule has 1 nitrogen and oxygen atoms in total. The van der Waals surface area contributed by atoms with Crippen LogP contribution in [0.5, 0.6) is 0 Å². The van der Waals surface area contributed by atoms with Crippen LogP contribution >= 0.6 is 15.9 Å². The van der Waals surface area contributed by atoms with Gasteiger partial charge in [-0.25, -0.2) is 4.39 Å². The lowest BCUT2D eigenvalue weighted by atomic mass is 9.95. The normalized spacial score (nSPS) is 11.5. The minimum Gasteiger partial charge on any atom is -0.289 e. The van der Waals surface area contributed by atoms with Gasteiger partial charge in [-0.15, -0.1) is 0 Å².